The van der Waals surface area contributed by atoms with Gasteiger partial charge in [-0.1, -0.05) is 56.3 Å². The monoisotopic (exact) mass is 512 g/mol. The number of aromatic nitrogens is 1. The molecule has 0 saturated carbocycles. The maximum absolute atomic E-state index is 14.3. The van der Waals surface area contributed by atoms with Crippen LogP contribution in [-0.2, 0) is 16.0 Å². The molecule has 0 bridgehead atoms. The van der Waals surface area contributed by atoms with Crippen LogP contribution in [0.1, 0.15) is 88.7 Å². The summed E-state index contributed by atoms with van der Waals surface area (Å²) in [6.07, 6.45) is 2.21. The summed E-state index contributed by atoms with van der Waals surface area (Å²) in [6, 6.07) is 16.1. The van der Waals surface area contributed by atoms with Crippen molar-refractivity contribution in [3.63, 3.8) is 0 Å². The lowest BCUT2D eigenvalue weighted by Gasteiger charge is -2.53. The Labute approximate surface area is 225 Å². The van der Waals surface area contributed by atoms with Crippen LogP contribution in [0.5, 0.6) is 0 Å². The molecule has 6 nitrogen and oxygen atoms in total. The van der Waals surface area contributed by atoms with Crippen molar-refractivity contribution in [2.45, 2.75) is 95.9 Å². The molecule has 1 unspecified atom stereocenters. The van der Waals surface area contributed by atoms with Gasteiger partial charge in [0.2, 0.25) is 11.8 Å². The van der Waals surface area contributed by atoms with Crippen LogP contribution in [0.2, 0.25) is 0 Å². The molecule has 200 valence electrons. The molecule has 6 heteroatoms. The topological polar surface area (TPSA) is 68.4 Å². The third-order valence-corrected chi connectivity index (χ3v) is 8.82. The maximum atomic E-state index is 14.3. The zero-order valence-electron chi connectivity index (χ0n) is 23.5. The molecule has 3 aliphatic heterocycles. The lowest BCUT2D eigenvalue weighted by molar-refractivity contribution is -0.162. The summed E-state index contributed by atoms with van der Waals surface area (Å²) in [5.41, 5.74) is 5.35. The lowest BCUT2D eigenvalue weighted by atomic mass is 9.78. The number of benzene rings is 2. The molecule has 4 heterocycles. The molecular formula is C32H40N4O2. The number of fused-ring (bicyclic) bond motifs is 4. The summed E-state index contributed by atoms with van der Waals surface area (Å²) in [4.78, 5) is 35.8. The van der Waals surface area contributed by atoms with Gasteiger partial charge in [-0.15, -0.1) is 0 Å². The van der Waals surface area contributed by atoms with Crippen molar-refractivity contribution in [3.8, 4) is 0 Å². The van der Waals surface area contributed by atoms with Crippen LogP contribution in [0.15, 0.2) is 48.5 Å². The number of carbonyl (C=O) groups is 2. The molecular weight excluding hydrogens is 472 g/mol. The molecule has 1 aromatic heterocycles. The van der Waals surface area contributed by atoms with Gasteiger partial charge in [0.15, 0.2) is 0 Å². The van der Waals surface area contributed by atoms with Gasteiger partial charge in [0.1, 0.15) is 12.6 Å². The predicted octanol–water partition coefficient (Wildman–Crippen LogP) is 5.29. The Kier molecular flexibility index (Phi) is 5.76. The SMILES string of the molecule is CC(C)c1ccc(C2c3[nH]c4ccccc4c3C[C@@H]3C(=O)N(C4CC(C)(C)NC(C)(C)C4)CC(=O)N23)cc1. The summed E-state index contributed by atoms with van der Waals surface area (Å²) in [5, 5.41) is 4.86. The molecule has 3 aromatic rings. The summed E-state index contributed by atoms with van der Waals surface area (Å²) in [6.45, 7) is 13.3. The van der Waals surface area contributed by atoms with Gasteiger partial charge in [-0.3, -0.25) is 9.59 Å². The van der Waals surface area contributed by atoms with Gasteiger partial charge in [-0.25, -0.2) is 0 Å². The normalized spacial score (nSPS) is 25.1. The zero-order chi connectivity index (χ0) is 27.0. The summed E-state index contributed by atoms with van der Waals surface area (Å²) in [5.74, 6) is 0.547. The largest absolute Gasteiger partial charge is 0.356 e. The van der Waals surface area contributed by atoms with Gasteiger partial charge >= 0.3 is 0 Å². The van der Waals surface area contributed by atoms with Gasteiger partial charge in [0.05, 0.1) is 6.04 Å². The Hall–Kier alpha value is -3.12. The first-order valence-electron chi connectivity index (χ1n) is 14.0. The number of piperidine rings is 1. The number of aromatic amines is 1. The first-order valence-corrected chi connectivity index (χ1v) is 14.0. The number of piperazine rings is 1. The molecule has 2 saturated heterocycles. The maximum Gasteiger partial charge on any atom is 0.246 e. The van der Waals surface area contributed by atoms with Gasteiger partial charge in [0, 0.05) is 40.1 Å². The van der Waals surface area contributed by atoms with E-state index in [9.17, 15) is 9.59 Å². The Morgan fingerprint density at radius 3 is 2.24 bits per heavy atom. The Bertz CT molecular complexity index is 1380. The van der Waals surface area contributed by atoms with Crippen molar-refractivity contribution in [1.29, 1.82) is 0 Å². The highest BCUT2D eigenvalue weighted by Crippen LogP contribution is 2.44. The van der Waals surface area contributed by atoms with Crippen molar-refractivity contribution >= 4 is 22.7 Å². The van der Waals surface area contributed by atoms with E-state index in [1.54, 1.807) is 0 Å². The highest BCUT2D eigenvalue weighted by atomic mass is 16.2. The van der Waals surface area contributed by atoms with Crippen molar-refractivity contribution in [1.82, 2.24) is 20.1 Å². The van der Waals surface area contributed by atoms with E-state index in [2.05, 4.69) is 94.3 Å². The second-order valence-corrected chi connectivity index (χ2v) is 13.2. The van der Waals surface area contributed by atoms with Crippen LogP contribution in [0.25, 0.3) is 10.9 Å². The van der Waals surface area contributed by atoms with Crippen molar-refractivity contribution in [2.24, 2.45) is 0 Å². The van der Waals surface area contributed by atoms with Crippen molar-refractivity contribution in [2.75, 3.05) is 6.54 Å². The number of H-pyrrole nitrogens is 1. The highest BCUT2D eigenvalue weighted by molar-refractivity contribution is 5.98. The standard InChI is InChI=1S/C32H40N4O2/c1-19(2)20-11-13-21(14-12-20)29-28-24(23-9-7-8-10-25(23)33-28)15-26-30(38)35(18-27(37)36(26)29)22-16-31(3,4)34-32(5,6)17-22/h7-14,19,22,26,29,33-34H,15-18H2,1-6H3/t26-,29?/m1/s1. The van der Waals surface area contributed by atoms with Gasteiger partial charge in [-0.05, 0) is 69.2 Å². The fourth-order valence-corrected chi connectivity index (χ4v) is 7.49. The number of nitrogens with zero attached hydrogens (tertiary/aromatic N) is 2. The molecule has 38 heavy (non-hydrogen) atoms. The van der Waals surface area contributed by atoms with E-state index in [1.165, 1.54) is 5.56 Å². The summed E-state index contributed by atoms with van der Waals surface area (Å²) < 4.78 is 0. The molecule has 2 atom stereocenters. The third-order valence-electron chi connectivity index (χ3n) is 8.82. The first kappa shape index (κ1) is 25.2. The van der Waals surface area contributed by atoms with E-state index in [0.717, 1.165) is 40.6 Å². The predicted molar refractivity (Wildman–Crippen MR) is 151 cm³/mol. The van der Waals surface area contributed by atoms with E-state index < -0.39 is 6.04 Å². The van der Waals surface area contributed by atoms with Crippen LogP contribution in [0.4, 0.5) is 0 Å². The molecule has 0 spiro atoms. The first-order chi connectivity index (χ1) is 17.9. The van der Waals surface area contributed by atoms with Crippen molar-refractivity contribution in [3.05, 3.63) is 70.9 Å². The fraction of sp³-hybridized carbons (Fsp3) is 0.500. The van der Waals surface area contributed by atoms with Crippen LogP contribution in [0, 0.1) is 0 Å². The Balaban J connectivity index is 1.44. The van der Waals surface area contributed by atoms with Gasteiger partial charge < -0.3 is 20.1 Å². The summed E-state index contributed by atoms with van der Waals surface area (Å²) in [7, 11) is 0. The quantitative estimate of drug-likeness (QED) is 0.501. The molecule has 3 aliphatic rings. The summed E-state index contributed by atoms with van der Waals surface area (Å²) >= 11 is 0. The van der Waals surface area contributed by atoms with E-state index in [0.29, 0.717) is 12.3 Å². The van der Waals surface area contributed by atoms with Crippen LogP contribution < -0.4 is 5.32 Å². The second-order valence-electron chi connectivity index (χ2n) is 13.2. The van der Waals surface area contributed by atoms with E-state index >= 15 is 0 Å². The lowest BCUT2D eigenvalue weighted by Crippen LogP contribution is -2.69. The molecule has 2 N–H and O–H groups in total. The number of nitrogens with one attached hydrogen (secondary N) is 2. The van der Waals surface area contributed by atoms with E-state index in [1.807, 2.05) is 15.9 Å². The molecule has 2 amide bonds. The number of hydrogen-bond donors (Lipinski definition) is 2. The van der Waals surface area contributed by atoms with Crippen LogP contribution in [0.3, 0.4) is 0 Å². The number of amides is 2. The van der Waals surface area contributed by atoms with E-state index in [-0.39, 0.29) is 41.5 Å². The zero-order valence-corrected chi connectivity index (χ0v) is 23.5. The second kappa shape index (κ2) is 8.70. The Morgan fingerprint density at radius 2 is 1.58 bits per heavy atom. The average Bonchev–Trinajstić information content (AvgIpc) is 3.21. The van der Waals surface area contributed by atoms with Crippen molar-refractivity contribution < 1.29 is 9.59 Å². The molecule has 0 radical (unpaired) electrons. The highest BCUT2D eigenvalue weighted by Gasteiger charge is 2.51. The Morgan fingerprint density at radius 1 is 0.921 bits per heavy atom. The average molecular weight is 513 g/mol. The number of carbonyl (C=O) groups excluding carboxylic acids is 2. The minimum Gasteiger partial charge on any atom is -0.356 e. The third kappa shape index (κ3) is 4.14. The van der Waals surface area contributed by atoms with Crippen LogP contribution in [-0.4, -0.2) is 56.3 Å². The molecule has 2 fully saturated rings. The minimum absolute atomic E-state index is 0.0333. The fourth-order valence-electron chi connectivity index (χ4n) is 7.49. The van der Waals surface area contributed by atoms with Gasteiger partial charge in [0.25, 0.3) is 0 Å². The smallest absolute Gasteiger partial charge is 0.246 e. The molecule has 2 aromatic carbocycles. The minimum atomic E-state index is -0.501. The number of para-hydroxylation sites is 1. The molecule has 6 rings (SSSR count). The molecule has 0 aliphatic carbocycles. The number of rotatable bonds is 3. The van der Waals surface area contributed by atoms with Crippen LogP contribution >= 0.6 is 0 Å². The number of hydrogen-bond acceptors (Lipinski definition) is 3. The van der Waals surface area contributed by atoms with Gasteiger partial charge in [-0.2, -0.15) is 0 Å². The van der Waals surface area contributed by atoms with E-state index in [4.69, 9.17) is 0 Å².